The van der Waals surface area contributed by atoms with Crippen molar-refractivity contribution in [3.05, 3.63) is 36.3 Å². The minimum Gasteiger partial charge on any atom is -0.481 e. The number of carbonyl (C=O) groups is 1. The highest BCUT2D eigenvalue weighted by atomic mass is 32.2. The first-order chi connectivity index (χ1) is 11.3. The summed E-state index contributed by atoms with van der Waals surface area (Å²) in [5, 5.41) is 13.4. The molecule has 128 valence electrons. The van der Waals surface area contributed by atoms with Crippen molar-refractivity contribution in [2.45, 2.75) is 25.2 Å². The minimum atomic E-state index is -3.80. The fourth-order valence-electron chi connectivity index (χ4n) is 2.80. The summed E-state index contributed by atoms with van der Waals surface area (Å²) in [6.45, 7) is 3.36. The van der Waals surface area contributed by atoms with Crippen LogP contribution in [0.4, 0.5) is 0 Å². The molecule has 2 aromatic rings. The van der Waals surface area contributed by atoms with Crippen LogP contribution >= 0.6 is 0 Å². The van der Waals surface area contributed by atoms with Crippen LogP contribution in [0.1, 0.15) is 19.0 Å². The van der Waals surface area contributed by atoms with Crippen LogP contribution in [0.15, 0.2) is 35.5 Å². The van der Waals surface area contributed by atoms with E-state index < -0.39 is 21.4 Å². The summed E-state index contributed by atoms with van der Waals surface area (Å²) in [5.74, 6) is -0.464. The van der Waals surface area contributed by atoms with E-state index in [0.717, 1.165) is 0 Å². The molecular weight excluding hydrogens is 332 g/mol. The smallest absolute Gasteiger partial charge is 0.310 e. The Kier molecular flexibility index (Phi) is 3.92. The third-order valence-electron chi connectivity index (χ3n) is 4.40. The third-order valence-corrected chi connectivity index (χ3v) is 6.35. The fraction of sp³-hybridized carbons (Fsp3) is 0.400. The Morgan fingerprint density at radius 2 is 2.12 bits per heavy atom. The van der Waals surface area contributed by atoms with Gasteiger partial charge in [-0.2, -0.15) is 9.40 Å². The molecule has 0 aliphatic carbocycles. The summed E-state index contributed by atoms with van der Waals surface area (Å²) >= 11 is 0. The predicted octanol–water partition coefficient (Wildman–Crippen LogP) is 1.06. The Morgan fingerprint density at radius 3 is 2.71 bits per heavy atom. The zero-order valence-electron chi connectivity index (χ0n) is 13.4. The average Bonchev–Trinajstić information content (AvgIpc) is 3.13. The molecule has 8 nitrogen and oxygen atoms in total. The summed E-state index contributed by atoms with van der Waals surface area (Å²) in [6.07, 6.45) is 3.17. The van der Waals surface area contributed by atoms with E-state index in [9.17, 15) is 18.3 Å². The number of carboxylic acid groups (broad SMARTS) is 1. The molecule has 0 spiro atoms. The zero-order valence-corrected chi connectivity index (χ0v) is 14.2. The summed E-state index contributed by atoms with van der Waals surface area (Å²) in [7, 11) is -3.80. The molecule has 1 saturated heterocycles. The number of aliphatic carboxylic acids is 1. The van der Waals surface area contributed by atoms with Crippen molar-refractivity contribution in [2.24, 2.45) is 5.41 Å². The van der Waals surface area contributed by atoms with Gasteiger partial charge < -0.3 is 5.11 Å². The van der Waals surface area contributed by atoms with Crippen LogP contribution in [-0.2, 0) is 14.8 Å². The van der Waals surface area contributed by atoms with Crippen LogP contribution in [0.5, 0.6) is 0 Å². The summed E-state index contributed by atoms with van der Waals surface area (Å²) in [6, 6.07) is 5.28. The maximum atomic E-state index is 12.9. The van der Waals surface area contributed by atoms with Gasteiger partial charge in [0.15, 0.2) is 5.82 Å². The maximum absolute atomic E-state index is 12.9. The van der Waals surface area contributed by atoms with Crippen molar-refractivity contribution in [2.75, 3.05) is 13.1 Å². The number of nitrogens with zero attached hydrogens (tertiary/aromatic N) is 4. The fourth-order valence-corrected chi connectivity index (χ4v) is 4.50. The molecular formula is C15H18N4O4S. The molecule has 24 heavy (non-hydrogen) atoms. The first kappa shape index (κ1) is 16.6. The standard InChI is InChI=1S/C15H18N4O4S/c1-11-12(9-17-19(11)13-5-3-4-7-16-13)24(22,23)18-8-6-15(2,10-18)14(20)21/h3-5,7,9H,6,8,10H2,1-2H3,(H,20,21). The largest absolute Gasteiger partial charge is 0.481 e. The van der Waals surface area contributed by atoms with Gasteiger partial charge >= 0.3 is 5.97 Å². The van der Waals surface area contributed by atoms with Crippen molar-refractivity contribution < 1.29 is 18.3 Å². The molecule has 1 fully saturated rings. The quantitative estimate of drug-likeness (QED) is 0.884. The summed E-state index contributed by atoms with van der Waals surface area (Å²) in [4.78, 5) is 15.6. The Morgan fingerprint density at radius 1 is 1.38 bits per heavy atom. The number of pyridine rings is 1. The van der Waals surface area contributed by atoms with Crippen molar-refractivity contribution in [1.29, 1.82) is 0 Å². The van der Waals surface area contributed by atoms with Crippen LogP contribution < -0.4 is 0 Å². The lowest BCUT2D eigenvalue weighted by molar-refractivity contribution is -0.146. The number of carboxylic acids is 1. The molecule has 0 aromatic carbocycles. The molecule has 2 aromatic heterocycles. The molecule has 3 rings (SSSR count). The number of aromatic nitrogens is 3. The van der Waals surface area contributed by atoms with Gasteiger partial charge in [0.1, 0.15) is 4.90 Å². The number of rotatable bonds is 4. The number of sulfonamides is 1. The van der Waals surface area contributed by atoms with Crippen LogP contribution in [0.2, 0.25) is 0 Å². The van der Waals surface area contributed by atoms with Crippen molar-refractivity contribution in [3.63, 3.8) is 0 Å². The van der Waals surface area contributed by atoms with Crippen LogP contribution in [0, 0.1) is 12.3 Å². The van der Waals surface area contributed by atoms with Gasteiger partial charge in [-0.3, -0.25) is 4.79 Å². The van der Waals surface area contributed by atoms with Crippen molar-refractivity contribution in [1.82, 2.24) is 19.1 Å². The minimum absolute atomic E-state index is 0.0428. The summed E-state index contributed by atoms with van der Waals surface area (Å²) in [5.41, 5.74) is -0.615. The molecule has 0 radical (unpaired) electrons. The normalized spacial score (nSPS) is 21.9. The van der Waals surface area contributed by atoms with E-state index in [1.54, 1.807) is 38.2 Å². The van der Waals surface area contributed by atoms with E-state index in [4.69, 9.17) is 0 Å². The third kappa shape index (κ3) is 2.59. The average molecular weight is 350 g/mol. The lowest BCUT2D eigenvalue weighted by Crippen LogP contribution is -2.35. The van der Waals surface area contributed by atoms with Crippen molar-refractivity contribution in [3.8, 4) is 5.82 Å². The van der Waals surface area contributed by atoms with E-state index in [0.29, 0.717) is 11.5 Å². The van der Waals surface area contributed by atoms with Gasteiger partial charge in [-0.05, 0) is 32.4 Å². The molecule has 0 amide bonds. The highest BCUT2D eigenvalue weighted by molar-refractivity contribution is 7.89. The molecule has 0 saturated carbocycles. The van der Waals surface area contributed by atoms with Gasteiger partial charge in [0, 0.05) is 19.3 Å². The SMILES string of the molecule is Cc1c(S(=O)(=O)N2CCC(C)(C(=O)O)C2)cnn1-c1ccccn1. The lowest BCUT2D eigenvalue weighted by Gasteiger charge is -2.19. The summed E-state index contributed by atoms with van der Waals surface area (Å²) < 4.78 is 28.4. The van der Waals surface area contributed by atoms with Gasteiger partial charge in [0.2, 0.25) is 10.0 Å². The van der Waals surface area contributed by atoms with E-state index >= 15 is 0 Å². The van der Waals surface area contributed by atoms with Gasteiger partial charge in [-0.25, -0.2) is 18.1 Å². The molecule has 0 bridgehead atoms. The molecule has 1 N–H and O–H groups in total. The first-order valence-electron chi connectivity index (χ1n) is 7.45. The van der Waals surface area contributed by atoms with E-state index in [1.165, 1.54) is 15.2 Å². The second-order valence-corrected chi connectivity index (χ2v) is 8.05. The topological polar surface area (TPSA) is 105 Å². The molecule has 1 aliphatic heterocycles. The molecule has 1 aliphatic rings. The van der Waals surface area contributed by atoms with Gasteiger partial charge in [0.25, 0.3) is 0 Å². The van der Waals surface area contributed by atoms with E-state index in [1.807, 2.05) is 0 Å². The molecule has 9 heteroatoms. The van der Waals surface area contributed by atoms with Gasteiger partial charge in [-0.1, -0.05) is 6.07 Å². The van der Waals surface area contributed by atoms with Gasteiger partial charge in [0.05, 0.1) is 17.3 Å². The second kappa shape index (κ2) is 5.67. The second-order valence-electron chi connectivity index (χ2n) is 6.15. The predicted molar refractivity (Wildman–Crippen MR) is 85.2 cm³/mol. The molecule has 1 atom stereocenters. The van der Waals surface area contributed by atoms with Gasteiger partial charge in [-0.15, -0.1) is 0 Å². The van der Waals surface area contributed by atoms with E-state index in [2.05, 4.69) is 10.1 Å². The van der Waals surface area contributed by atoms with Crippen LogP contribution in [0.3, 0.4) is 0 Å². The van der Waals surface area contributed by atoms with Crippen LogP contribution in [0.25, 0.3) is 5.82 Å². The number of hydrogen-bond acceptors (Lipinski definition) is 5. The Labute approximate surface area is 139 Å². The highest BCUT2D eigenvalue weighted by Crippen LogP contribution is 2.34. The Balaban J connectivity index is 1.95. The zero-order chi connectivity index (χ0) is 17.5. The first-order valence-corrected chi connectivity index (χ1v) is 8.89. The highest BCUT2D eigenvalue weighted by Gasteiger charge is 2.45. The maximum Gasteiger partial charge on any atom is 0.310 e. The lowest BCUT2D eigenvalue weighted by atomic mass is 9.90. The molecule has 3 heterocycles. The number of hydrogen-bond donors (Lipinski definition) is 1. The Bertz CT molecular complexity index is 878. The van der Waals surface area contributed by atoms with Crippen molar-refractivity contribution >= 4 is 16.0 Å². The van der Waals surface area contributed by atoms with E-state index in [-0.39, 0.29) is 24.4 Å². The molecule has 1 unspecified atom stereocenters. The monoisotopic (exact) mass is 350 g/mol. The Hall–Kier alpha value is -2.26. The van der Waals surface area contributed by atoms with Crippen LogP contribution in [-0.4, -0.2) is 51.7 Å².